The molecular weight excluding hydrogens is 437 g/mol. The van der Waals surface area contributed by atoms with E-state index in [9.17, 15) is 12.8 Å². The van der Waals surface area contributed by atoms with Crippen LogP contribution >= 0.6 is 23.1 Å². The van der Waals surface area contributed by atoms with Crippen LogP contribution in [0.3, 0.4) is 0 Å². The van der Waals surface area contributed by atoms with Crippen LogP contribution in [-0.2, 0) is 9.84 Å². The van der Waals surface area contributed by atoms with Crippen LogP contribution in [0, 0.1) is 12.7 Å². The molecule has 4 aromatic rings. The Hall–Kier alpha value is -2.48. The molecule has 0 unspecified atom stereocenters. The molecule has 0 saturated heterocycles. The predicted octanol–water partition coefficient (Wildman–Crippen LogP) is 6.48. The highest BCUT2D eigenvalue weighted by atomic mass is 32.2. The molecule has 0 bridgehead atoms. The van der Waals surface area contributed by atoms with Gasteiger partial charge in [0.15, 0.2) is 14.2 Å². The van der Waals surface area contributed by atoms with Crippen LogP contribution in [0.15, 0.2) is 86.9 Å². The summed E-state index contributed by atoms with van der Waals surface area (Å²) in [5.41, 5.74) is 3.62. The van der Waals surface area contributed by atoms with Gasteiger partial charge < -0.3 is 0 Å². The van der Waals surface area contributed by atoms with E-state index in [1.54, 1.807) is 48.2 Å². The van der Waals surface area contributed by atoms with Crippen molar-refractivity contribution in [2.45, 2.75) is 21.1 Å². The molecular formula is C23H18FNO2S3. The van der Waals surface area contributed by atoms with Gasteiger partial charge in [0.1, 0.15) is 5.82 Å². The lowest BCUT2D eigenvalue weighted by molar-refractivity contribution is 0.602. The minimum absolute atomic E-state index is 0.272. The number of aryl methyl sites for hydroxylation is 1. The smallest absolute Gasteiger partial charge is 0.175 e. The summed E-state index contributed by atoms with van der Waals surface area (Å²) in [4.78, 5) is 7.08. The van der Waals surface area contributed by atoms with Crippen LogP contribution in [0.4, 0.5) is 4.39 Å². The van der Waals surface area contributed by atoms with Gasteiger partial charge >= 0.3 is 0 Å². The van der Waals surface area contributed by atoms with E-state index in [-0.39, 0.29) is 10.7 Å². The minimum atomic E-state index is -3.27. The molecule has 3 nitrogen and oxygen atoms in total. The fraction of sp³-hybridized carbons (Fsp3) is 0.0870. The lowest BCUT2D eigenvalue weighted by Crippen LogP contribution is -1.96. The molecule has 0 N–H and O–H groups in total. The average Bonchev–Trinajstić information content (AvgIpc) is 3.13. The molecule has 152 valence electrons. The van der Waals surface area contributed by atoms with Crippen LogP contribution in [-0.4, -0.2) is 19.7 Å². The molecule has 0 spiro atoms. The summed E-state index contributed by atoms with van der Waals surface area (Å²) in [6.07, 6.45) is 1.19. The molecule has 0 fully saturated rings. The first-order valence-corrected chi connectivity index (χ1v) is 12.6. The third-order valence-corrected chi connectivity index (χ3v) is 7.80. The number of hydrogen-bond donors (Lipinski definition) is 0. The van der Waals surface area contributed by atoms with E-state index in [4.69, 9.17) is 4.98 Å². The highest BCUT2D eigenvalue weighted by Gasteiger charge is 2.17. The molecule has 0 aliphatic carbocycles. The molecule has 0 aliphatic heterocycles. The van der Waals surface area contributed by atoms with Gasteiger partial charge in [-0.1, -0.05) is 41.6 Å². The van der Waals surface area contributed by atoms with Gasteiger partial charge in [0, 0.05) is 16.7 Å². The van der Waals surface area contributed by atoms with Gasteiger partial charge in [-0.25, -0.2) is 17.8 Å². The van der Waals surface area contributed by atoms with Crippen LogP contribution < -0.4 is 0 Å². The Morgan fingerprint density at radius 3 is 2.07 bits per heavy atom. The first kappa shape index (κ1) is 20.8. The fourth-order valence-corrected chi connectivity index (χ4v) is 5.68. The maximum atomic E-state index is 13.4. The largest absolute Gasteiger partial charge is 0.229 e. The molecule has 0 aliphatic rings. The number of halogens is 1. The van der Waals surface area contributed by atoms with Crippen molar-refractivity contribution in [1.29, 1.82) is 0 Å². The molecule has 4 rings (SSSR count). The van der Waals surface area contributed by atoms with Crippen molar-refractivity contribution >= 4 is 32.9 Å². The Bertz CT molecular complexity index is 1280. The van der Waals surface area contributed by atoms with Crippen LogP contribution in [0.5, 0.6) is 0 Å². The second kappa shape index (κ2) is 8.34. The molecule has 0 atom stereocenters. The molecule has 0 radical (unpaired) electrons. The maximum absolute atomic E-state index is 13.4. The predicted molar refractivity (Wildman–Crippen MR) is 121 cm³/mol. The number of thiazole rings is 1. The third-order valence-electron chi connectivity index (χ3n) is 4.50. The zero-order valence-electron chi connectivity index (χ0n) is 16.3. The van der Waals surface area contributed by atoms with Crippen molar-refractivity contribution < 1.29 is 12.8 Å². The number of hydrogen-bond acceptors (Lipinski definition) is 5. The molecule has 0 amide bonds. The van der Waals surface area contributed by atoms with Gasteiger partial charge in [-0.05, 0) is 61.0 Å². The van der Waals surface area contributed by atoms with Gasteiger partial charge in [0.25, 0.3) is 0 Å². The summed E-state index contributed by atoms with van der Waals surface area (Å²) in [6.45, 7) is 2.04. The summed E-state index contributed by atoms with van der Waals surface area (Å²) in [6, 6.07) is 21.3. The second-order valence-electron chi connectivity index (χ2n) is 6.88. The fourth-order valence-electron chi connectivity index (χ4n) is 2.90. The Kier molecular flexibility index (Phi) is 5.77. The van der Waals surface area contributed by atoms with Crippen molar-refractivity contribution in [2.75, 3.05) is 6.26 Å². The Morgan fingerprint density at radius 1 is 0.867 bits per heavy atom. The van der Waals surface area contributed by atoms with Gasteiger partial charge in [-0.15, -0.1) is 11.3 Å². The quantitative estimate of drug-likeness (QED) is 0.346. The minimum Gasteiger partial charge on any atom is -0.229 e. The Morgan fingerprint density at radius 2 is 1.47 bits per heavy atom. The number of rotatable bonds is 5. The van der Waals surface area contributed by atoms with Crippen LogP contribution in [0.2, 0.25) is 0 Å². The normalized spacial score (nSPS) is 11.6. The van der Waals surface area contributed by atoms with E-state index in [1.807, 2.05) is 6.92 Å². The van der Waals surface area contributed by atoms with Crippen molar-refractivity contribution in [3.63, 3.8) is 0 Å². The van der Waals surface area contributed by atoms with Crippen molar-refractivity contribution in [1.82, 2.24) is 4.98 Å². The molecule has 1 aromatic heterocycles. The van der Waals surface area contributed by atoms with E-state index in [0.717, 1.165) is 30.9 Å². The van der Waals surface area contributed by atoms with E-state index < -0.39 is 9.84 Å². The summed E-state index contributed by atoms with van der Waals surface area (Å²) >= 11 is 3.10. The molecule has 3 aromatic carbocycles. The van der Waals surface area contributed by atoms with Crippen molar-refractivity contribution in [3.8, 4) is 21.7 Å². The summed E-state index contributed by atoms with van der Waals surface area (Å²) in [5, 5.41) is 0. The van der Waals surface area contributed by atoms with E-state index in [1.165, 1.54) is 35.3 Å². The van der Waals surface area contributed by atoms with E-state index >= 15 is 0 Å². The van der Waals surface area contributed by atoms with Gasteiger partial charge in [0.2, 0.25) is 0 Å². The highest BCUT2D eigenvalue weighted by Crippen LogP contribution is 2.42. The molecule has 30 heavy (non-hydrogen) atoms. The topological polar surface area (TPSA) is 47.0 Å². The van der Waals surface area contributed by atoms with Crippen molar-refractivity contribution in [3.05, 3.63) is 84.2 Å². The van der Waals surface area contributed by atoms with E-state index in [0.29, 0.717) is 0 Å². The first-order valence-electron chi connectivity index (χ1n) is 9.11. The molecule has 0 saturated carbocycles. The maximum Gasteiger partial charge on any atom is 0.175 e. The summed E-state index contributed by atoms with van der Waals surface area (Å²) < 4.78 is 37.9. The SMILES string of the molecule is Cc1ccc(Sc2nc(-c3ccc(F)cc3)c(-c3ccc(S(C)(=O)=O)cc3)s2)cc1. The van der Waals surface area contributed by atoms with Gasteiger partial charge in [-0.3, -0.25) is 0 Å². The molecule has 1 heterocycles. The zero-order valence-corrected chi connectivity index (χ0v) is 18.7. The number of aromatic nitrogens is 1. The van der Waals surface area contributed by atoms with Crippen LogP contribution in [0.1, 0.15) is 5.56 Å². The lowest BCUT2D eigenvalue weighted by atomic mass is 10.1. The second-order valence-corrected chi connectivity index (χ2v) is 11.2. The average molecular weight is 456 g/mol. The van der Waals surface area contributed by atoms with E-state index in [2.05, 4.69) is 24.3 Å². The zero-order chi connectivity index (χ0) is 21.3. The number of nitrogens with zero attached hydrogens (tertiary/aromatic N) is 1. The standard InChI is InChI=1S/C23H18FNO2S3/c1-15-3-11-19(12-4-15)28-23-25-21(16-5-9-18(24)10-6-16)22(29-23)17-7-13-20(14-8-17)30(2,26)27/h3-14H,1-2H3. The van der Waals surface area contributed by atoms with Crippen molar-refractivity contribution in [2.24, 2.45) is 0 Å². The summed E-state index contributed by atoms with van der Waals surface area (Å²) in [7, 11) is -3.27. The monoisotopic (exact) mass is 455 g/mol. The number of sulfone groups is 1. The van der Waals surface area contributed by atoms with Gasteiger partial charge in [0.05, 0.1) is 15.5 Å². The van der Waals surface area contributed by atoms with Gasteiger partial charge in [-0.2, -0.15) is 0 Å². The Labute approximate surface area is 183 Å². The van der Waals surface area contributed by atoms with Crippen LogP contribution in [0.25, 0.3) is 21.7 Å². The Balaban J connectivity index is 1.78. The lowest BCUT2D eigenvalue weighted by Gasteiger charge is -2.04. The highest BCUT2D eigenvalue weighted by molar-refractivity contribution is 8.01. The first-order chi connectivity index (χ1) is 14.3. The molecule has 7 heteroatoms. The third kappa shape index (κ3) is 4.64. The summed E-state index contributed by atoms with van der Waals surface area (Å²) in [5.74, 6) is -0.303. The number of benzene rings is 3.